The minimum absolute atomic E-state index is 0.369. The first-order chi connectivity index (χ1) is 10.8. The molecular formula is C17H17NO4. The summed E-state index contributed by atoms with van der Waals surface area (Å²) < 4.78 is 21.5. The van der Waals surface area contributed by atoms with Gasteiger partial charge in [0, 0.05) is 6.07 Å². The Morgan fingerprint density at radius 3 is 2.14 bits per heavy atom. The lowest BCUT2D eigenvalue weighted by molar-refractivity contribution is 0.211. The van der Waals surface area contributed by atoms with Crippen molar-refractivity contribution >= 4 is 0 Å². The van der Waals surface area contributed by atoms with Gasteiger partial charge in [0.1, 0.15) is 24.7 Å². The van der Waals surface area contributed by atoms with Crippen LogP contribution in [0.4, 0.5) is 0 Å². The van der Waals surface area contributed by atoms with Gasteiger partial charge in [-0.25, -0.2) is 0 Å². The first-order valence-electron chi connectivity index (χ1n) is 6.74. The lowest BCUT2D eigenvalue weighted by atomic mass is 10.2. The number of rotatable bonds is 7. The van der Waals surface area contributed by atoms with Gasteiger partial charge < -0.3 is 18.9 Å². The van der Waals surface area contributed by atoms with E-state index in [1.54, 1.807) is 25.3 Å². The van der Waals surface area contributed by atoms with Crippen molar-refractivity contribution < 1.29 is 18.9 Å². The van der Waals surface area contributed by atoms with Crippen LogP contribution in [0.3, 0.4) is 0 Å². The SMILES string of the molecule is COc1ccc(OCCOc2ccc(C#N)cc2OC)cc1. The minimum Gasteiger partial charge on any atom is -0.497 e. The molecule has 22 heavy (non-hydrogen) atoms. The zero-order chi connectivity index (χ0) is 15.8. The van der Waals surface area contributed by atoms with Gasteiger partial charge in [0.2, 0.25) is 0 Å². The van der Waals surface area contributed by atoms with Crippen LogP contribution < -0.4 is 18.9 Å². The summed E-state index contributed by atoms with van der Waals surface area (Å²) in [6.45, 7) is 0.768. The zero-order valence-electron chi connectivity index (χ0n) is 12.5. The monoisotopic (exact) mass is 299 g/mol. The van der Waals surface area contributed by atoms with E-state index in [-0.39, 0.29) is 0 Å². The minimum atomic E-state index is 0.369. The highest BCUT2D eigenvalue weighted by molar-refractivity contribution is 5.46. The third-order valence-electron chi connectivity index (χ3n) is 2.96. The van der Waals surface area contributed by atoms with Gasteiger partial charge in [-0.1, -0.05) is 0 Å². The van der Waals surface area contributed by atoms with Crippen LogP contribution in [0.1, 0.15) is 5.56 Å². The fourth-order valence-corrected chi connectivity index (χ4v) is 1.84. The van der Waals surface area contributed by atoms with Crippen LogP contribution in [0.2, 0.25) is 0 Å². The quantitative estimate of drug-likeness (QED) is 0.735. The van der Waals surface area contributed by atoms with E-state index in [9.17, 15) is 0 Å². The number of nitrogens with zero attached hydrogens (tertiary/aromatic N) is 1. The van der Waals surface area contributed by atoms with E-state index >= 15 is 0 Å². The van der Waals surface area contributed by atoms with Crippen molar-refractivity contribution in [1.82, 2.24) is 0 Å². The first-order valence-corrected chi connectivity index (χ1v) is 6.74. The summed E-state index contributed by atoms with van der Waals surface area (Å²) in [6, 6.07) is 14.4. The van der Waals surface area contributed by atoms with E-state index in [2.05, 4.69) is 6.07 Å². The molecule has 0 aliphatic heterocycles. The summed E-state index contributed by atoms with van der Waals surface area (Å²) >= 11 is 0. The van der Waals surface area contributed by atoms with Gasteiger partial charge >= 0.3 is 0 Å². The largest absolute Gasteiger partial charge is 0.497 e. The van der Waals surface area contributed by atoms with E-state index in [1.165, 1.54) is 7.11 Å². The lowest BCUT2D eigenvalue weighted by Gasteiger charge is -2.11. The molecule has 114 valence electrons. The summed E-state index contributed by atoms with van der Waals surface area (Å²) in [5.41, 5.74) is 0.527. The van der Waals surface area contributed by atoms with Crippen LogP contribution >= 0.6 is 0 Å². The van der Waals surface area contributed by atoms with Gasteiger partial charge in [-0.05, 0) is 36.4 Å². The Labute approximate surface area is 129 Å². The molecule has 0 unspecified atom stereocenters. The average molecular weight is 299 g/mol. The van der Waals surface area contributed by atoms with Gasteiger partial charge in [0.25, 0.3) is 0 Å². The van der Waals surface area contributed by atoms with Gasteiger partial charge in [-0.15, -0.1) is 0 Å². The summed E-state index contributed by atoms with van der Waals surface area (Å²) in [7, 11) is 3.16. The second kappa shape index (κ2) is 7.79. The molecule has 0 fully saturated rings. The van der Waals surface area contributed by atoms with Crippen LogP contribution in [-0.4, -0.2) is 27.4 Å². The van der Waals surface area contributed by atoms with Crippen molar-refractivity contribution in [3.63, 3.8) is 0 Å². The molecule has 0 amide bonds. The second-order valence-corrected chi connectivity index (χ2v) is 4.35. The third-order valence-corrected chi connectivity index (χ3v) is 2.96. The van der Waals surface area contributed by atoms with Crippen molar-refractivity contribution in [3.8, 4) is 29.1 Å². The fraction of sp³-hybridized carbons (Fsp3) is 0.235. The maximum absolute atomic E-state index is 8.85. The van der Waals surface area contributed by atoms with Crippen LogP contribution in [0, 0.1) is 11.3 Å². The molecule has 2 aromatic rings. The fourth-order valence-electron chi connectivity index (χ4n) is 1.84. The van der Waals surface area contributed by atoms with Gasteiger partial charge in [-0.3, -0.25) is 0 Å². The molecule has 0 heterocycles. The van der Waals surface area contributed by atoms with E-state index in [4.69, 9.17) is 24.2 Å². The van der Waals surface area contributed by atoms with Gasteiger partial charge in [0.05, 0.1) is 25.9 Å². The first kappa shape index (κ1) is 15.5. The number of ether oxygens (including phenoxy) is 4. The van der Waals surface area contributed by atoms with Crippen molar-refractivity contribution in [2.45, 2.75) is 0 Å². The predicted molar refractivity (Wildman–Crippen MR) is 81.7 cm³/mol. The molecule has 5 nitrogen and oxygen atoms in total. The van der Waals surface area contributed by atoms with Crippen molar-refractivity contribution in [2.24, 2.45) is 0 Å². The molecule has 0 saturated heterocycles. The number of hydrogen-bond acceptors (Lipinski definition) is 5. The maximum Gasteiger partial charge on any atom is 0.162 e. The number of methoxy groups -OCH3 is 2. The molecule has 0 aromatic heterocycles. The normalized spacial score (nSPS) is 9.68. The Bertz CT molecular complexity index is 647. The topological polar surface area (TPSA) is 60.7 Å². The Morgan fingerprint density at radius 1 is 0.818 bits per heavy atom. The molecular weight excluding hydrogens is 282 g/mol. The van der Waals surface area contributed by atoms with Crippen LogP contribution in [-0.2, 0) is 0 Å². The number of hydrogen-bond donors (Lipinski definition) is 0. The van der Waals surface area contributed by atoms with Gasteiger partial charge in [-0.2, -0.15) is 5.26 Å². The highest BCUT2D eigenvalue weighted by Crippen LogP contribution is 2.27. The molecule has 0 aliphatic rings. The van der Waals surface area contributed by atoms with E-state index in [0.29, 0.717) is 30.3 Å². The highest BCUT2D eigenvalue weighted by atomic mass is 16.5. The Hall–Kier alpha value is -2.87. The van der Waals surface area contributed by atoms with Crippen molar-refractivity contribution in [3.05, 3.63) is 48.0 Å². The molecule has 0 bridgehead atoms. The van der Waals surface area contributed by atoms with Crippen molar-refractivity contribution in [2.75, 3.05) is 27.4 Å². The Balaban J connectivity index is 1.84. The van der Waals surface area contributed by atoms with E-state index in [1.807, 2.05) is 24.3 Å². The zero-order valence-corrected chi connectivity index (χ0v) is 12.5. The second-order valence-electron chi connectivity index (χ2n) is 4.35. The molecule has 0 spiro atoms. The van der Waals surface area contributed by atoms with Crippen LogP contribution in [0.15, 0.2) is 42.5 Å². The van der Waals surface area contributed by atoms with Crippen molar-refractivity contribution in [1.29, 1.82) is 5.26 Å². The molecule has 0 radical (unpaired) electrons. The summed E-state index contributed by atoms with van der Waals surface area (Å²) in [5.74, 6) is 2.64. The summed E-state index contributed by atoms with van der Waals surface area (Å²) in [5, 5.41) is 8.85. The molecule has 0 aliphatic carbocycles. The summed E-state index contributed by atoms with van der Waals surface area (Å²) in [4.78, 5) is 0. The van der Waals surface area contributed by atoms with E-state index < -0.39 is 0 Å². The summed E-state index contributed by atoms with van der Waals surface area (Å²) in [6.07, 6.45) is 0. The molecule has 0 atom stereocenters. The molecule has 0 N–H and O–H groups in total. The standard InChI is InChI=1S/C17H17NO4/c1-19-14-4-6-15(7-5-14)21-9-10-22-16-8-3-13(12-18)11-17(16)20-2/h3-8,11H,9-10H2,1-2H3. The predicted octanol–water partition coefficient (Wildman–Crippen LogP) is 3.03. The smallest absolute Gasteiger partial charge is 0.162 e. The molecule has 2 aromatic carbocycles. The number of benzene rings is 2. The van der Waals surface area contributed by atoms with Crippen LogP contribution in [0.5, 0.6) is 23.0 Å². The average Bonchev–Trinajstić information content (AvgIpc) is 2.59. The molecule has 2 rings (SSSR count). The molecule has 0 saturated carbocycles. The highest BCUT2D eigenvalue weighted by Gasteiger charge is 2.05. The number of nitriles is 1. The third kappa shape index (κ3) is 4.06. The Morgan fingerprint density at radius 2 is 1.50 bits per heavy atom. The van der Waals surface area contributed by atoms with Gasteiger partial charge in [0.15, 0.2) is 11.5 Å². The lowest BCUT2D eigenvalue weighted by Crippen LogP contribution is -2.09. The van der Waals surface area contributed by atoms with E-state index in [0.717, 1.165) is 11.5 Å². The van der Waals surface area contributed by atoms with Crippen LogP contribution in [0.25, 0.3) is 0 Å². The Kier molecular flexibility index (Phi) is 5.50. The molecule has 5 heteroatoms. The maximum atomic E-state index is 8.85.